The fourth-order valence-electron chi connectivity index (χ4n) is 2.71. The highest BCUT2D eigenvalue weighted by Crippen LogP contribution is 2.32. The van der Waals surface area contributed by atoms with Gasteiger partial charge in [0.2, 0.25) is 0 Å². The molecule has 2 heterocycles. The highest BCUT2D eigenvalue weighted by Gasteiger charge is 2.09. The molecule has 0 aliphatic rings. The number of halogens is 1. The first-order valence-electron chi connectivity index (χ1n) is 6.86. The molecule has 0 aliphatic carbocycles. The van der Waals surface area contributed by atoms with Gasteiger partial charge in [-0.2, -0.15) is 0 Å². The number of nitrogens with zero attached hydrogens (tertiary/aromatic N) is 1. The summed E-state index contributed by atoms with van der Waals surface area (Å²) >= 11 is 6.22. The lowest BCUT2D eigenvalue weighted by molar-refractivity contribution is 1.38. The molecule has 0 spiro atoms. The molecule has 0 unspecified atom stereocenters. The SMILES string of the molecule is Cc1ccc2ccc(-c3c[nH]c4c(Cl)cccc34)nc2c1. The standard InChI is InChI=1S/C18H13ClN2/c1-11-5-6-12-7-8-16(21-17(12)9-11)14-10-20-18-13(14)3-2-4-15(18)19/h2-10,20H,1H3. The van der Waals surface area contributed by atoms with Crippen LogP contribution in [0.25, 0.3) is 33.1 Å². The van der Waals surface area contributed by atoms with Crippen molar-refractivity contribution >= 4 is 33.4 Å². The van der Waals surface area contributed by atoms with Gasteiger partial charge in [0, 0.05) is 22.5 Å². The zero-order valence-corrected chi connectivity index (χ0v) is 12.3. The number of aryl methyl sites for hydroxylation is 1. The van der Waals surface area contributed by atoms with E-state index in [0.29, 0.717) is 0 Å². The molecule has 0 amide bonds. The fourth-order valence-corrected chi connectivity index (χ4v) is 2.94. The van der Waals surface area contributed by atoms with Crippen molar-refractivity contribution < 1.29 is 0 Å². The molecule has 1 N–H and O–H groups in total. The van der Waals surface area contributed by atoms with E-state index in [-0.39, 0.29) is 0 Å². The molecule has 4 aromatic rings. The smallest absolute Gasteiger partial charge is 0.0731 e. The highest BCUT2D eigenvalue weighted by molar-refractivity contribution is 6.35. The lowest BCUT2D eigenvalue weighted by Crippen LogP contribution is -1.85. The molecule has 21 heavy (non-hydrogen) atoms. The molecule has 0 bridgehead atoms. The third-order valence-corrected chi connectivity index (χ3v) is 4.10. The maximum atomic E-state index is 6.22. The Balaban J connectivity index is 1.98. The minimum atomic E-state index is 0.732. The van der Waals surface area contributed by atoms with E-state index in [2.05, 4.69) is 48.3 Å². The molecule has 0 saturated heterocycles. The first kappa shape index (κ1) is 12.4. The number of aromatic nitrogens is 2. The first-order chi connectivity index (χ1) is 10.2. The predicted octanol–water partition coefficient (Wildman–Crippen LogP) is 5.34. The third kappa shape index (κ3) is 1.99. The monoisotopic (exact) mass is 292 g/mol. The Bertz CT molecular complexity index is 969. The topological polar surface area (TPSA) is 28.7 Å². The van der Waals surface area contributed by atoms with Crippen LogP contribution in [0, 0.1) is 6.92 Å². The molecule has 102 valence electrons. The second-order valence-corrected chi connectivity index (χ2v) is 5.66. The zero-order valence-electron chi connectivity index (χ0n) is 11.5. The first-order valence-corrected chi connectivity index (χ1v) is 7.23. The molecule has 2 aromatic heterocycles. The van der Waals surface area contributed by atoms with E-state index >= 15 is 0 Å². The van der Waals surface area contributed by atoms with Gasteiger partial charge in [-0.1, -0.05) is 41.9 Å². The van der Waals surface area contributed by atoms with Crippen molar-refractivity contribution in [3.05, 3.63) is 65.3 Å². The normalized spacial score (nSPS) is 11.3. The molecule has 0 aliphatic heterocycles. The summed E-state index contributed by atoms with van der Waals surface area (Å²) in [5, 5.41) is 2.99. The summed E-state index contributed by atoms with van der Waals surface area (Å²) in [5.41, 5.74) is 5.23. The van der Waals surface area contributed by atoms with Crippen molar-refractivity contribution in [1.82, 2.24) is 9.97 Å². The molecule has 4 rings (SSSR count). The molecule has 3 heteroatoms. The van der Waals surface area contributed by atoms with Gasteiger partial charge in [-0.05, 0) is 30.7 Å². The van der Waals surface area contributed by atoms with Crippen LogP contribution in [-0.4, -0.2) is 9.97 Å². The van der Waals surface area contributed by atoms with Gasteiger partial charge in [0.05, 0.1) is 21.7 Å². The van der Waals surface area contributed by atoms with Crippen LogP contribution < -0.4 is 0 Å². The largest absolute Gasteiger partial charge is 0.359 e. The Morgan fingerprint density at radius 2 is 1.90 bits per heavy atom. The molecule has 0 radical (unpaired) electrons. The second-order valence-electron chi connectivity index (χ2n) is 5.26. The van der Waals surface area contributed by atoms with Crippen LogP contribution in [0.2, 0.25) is 5.02 Å². The van der Waals surface area contributed by atoms with Crippen LogP contribution >= 0.6 is 11.6 Å². The third-order valence-electron chi connectivity index (χ3n) is 3.79. The maximum absolute atomic E-state index is 6.22. The molecule has 2 nitrogen and oxygen atoms in total. The summed E-state index contributed by atoms with van der Waals surface area (Å²) in [6.45, 7) is 2.08. The van der Waals surface area contributed by atoms with E-state index < -0.39 is 0 Å². The van der Waals surface area contributed by atoms with Crippen molar-refractivity contribution in [1.29, 1.82) is 0 Å². The Morgan fingerprint density at radius 3 is 2.81 bits per heavy atom. The van der Waals surface area contributed by atoms with Crippen LogP contribution in [0.4, 0.5) is 0 Å². The number of H-pyrrole nitrogens is 1. The average molecular weight is 293 g/mol. The van der Waals surface area contributed by atoms with Gasteiger partial charge in [0.15, 0.2) is 0 Å². The molecule has 0 fully saturated rings. The number of benzene rings is 2. The predicted molar refractivity (Wildman–Crippen MR) is 88.8 cm³/mol. The lowest BCUT2D eigenvalue weighted by atomic mass is 10.1. The van der Waals surface area contributed by atoms with Crippen LogP contribution in [0.1, 0.15) is 5.56 Å². The van der Waals surface area contributed by atoms with Gasteiger partial charge in [-0.3, -0.25) is 0 Å². The fraction of sp³-hybridized carbons (Fsp3) is 0.0556. The second kappa shape index (κ2) is 4.61. The van der Waals surface area contributed by atoms with Gasteiger partial charge < -0.3 is 4.98 Å². The molecular weight excluding hydrogens is 280 g/mol. The van der Waals surface area contributed by atoms with Gasteiger partial charge in [-0.25, -0.2) is 4.98 Å². The van der Waals surface area contributed by atoms with Crippen molar-refractivity contribution in [3.8, 4) is 11.3 Å². The summed E-state index contributed by atoms with van der Waals surface area (Å²) in [6, 6.07) is 16.4. The summed E-state index contributed by atoms with van der Waals surface area (Å²) in [4.78, 5) is 8.04. The number of hydrogen-bond acceptors (Lipinski definition) is 1. The molecule has 0 atom stereocenters. The summed E-state index contributed by atoms with van der Waals surface area (Å²) in [7, 11) is 0. The number of nitrogens with one attached hydrogen (secondary N) is 1. The van der Waals surface area contributed by atoms with Crippen LogP contribution in [0.15, 0.2) is 54.7 Å². The lowest BCUT2D eigenvalue weighted by Gasteiger charge is -2.03. The van der Waals surface area contributed by atoms with E-state index in [4.69, 9.17) is 16.6 Å². The molecule has 0 saturated carbocycles. The van der Waals surface area contributed by atoms with Gasteiger partial charge >= 0.3 is 0 Å². The van der Waals surface area contributed by atoms with Crippen molar-refractivity contribution in [2.24, 2.45) is 0 Å². The molecular formula is C18H13ClN2. The van der Waals surface area contributed by atoms with E-state index in [9.17, 15) is 0 Å². The number of fused-ring (bicyclic) bond motifs is 2. The quantitative estimate of drug-likeness (QED) is 0.503. The van der Waals surface area contributed by atoms with E-state index in [1.165, 1.54) is 5.56 Å². The Labute approximate surface area is 127 Å². The van der Waals surface area contributed by atoms with Gasteiger partial charge in [0.25, 0.3) is 0 Å². The van der Waals surface area contributed by atoms with Crippen molar-refractivity contribution in [2.75, 3.05) is 0 Å². The number of aromatic amines is 1. The van der Waals surface area contributed by atoms with Crippen LogP contribution in [0.3, 0.4) is 0 Å². The Morgan fingerprint density at radius 1 is 1.05 bits per heavy atom. The van der Waals surface area contributed by atoms with E-state index in [0.717, 1.165) is 38.1 Å². The summed E-state index contributed by atoms with van der Waals surface area (Å²) in [6.07, 6.45) is 1.97. The van der Waals surface area contributed by atoms with Crippen molar-refractivity contribution in [3.63, 3.8) is 0 Å². The Hall–Kier alpha value is -2.32. The number of para-hydroxylation sites is 1. The van der Waals surface area contributed by atoms with Gasteiger partial charge in [0.1, 0.15) is 0 Å². The average Bonchev–Trinajstić information content (AvgIpc) is 2.92. The molecule has 2 aromatic carbocycles. The number of rotatable bonds is 1. The number of pyridine rings is 1. The van der Waals surface area contributed by atoms with E-state index in [1.54, 1.807) is 0 Å². The van der Waals surface area contributed by atoms with Crippen LogP contribution in [-0.2, 0) is 0 Å². The van der Waals surface area contributed by atoms with Crippen LogP contribution in [0.5, 0.6) is 0 Å². The Kier molecular flexibility index (Phi) is 2.72. The number of hydrogen-bond donors (Lipinski definition) is 1. The minimum absolute atomic E-state index is 0.732. The maximum Gasteiger partial charge on any atom is 0.0731 e. The zero-order chi connectivity index (χ0) is 14.4. The van der Waals surface area contributed by atoms with Gasteiger partial charge in [-0.15, -0.1) is 0 Å². The summed E-state index contributed by atoms with van der Waals surface area (Å²) < 4.78 is 0. The highest BCUT2D eigenvalue weighted by atomic mass is 35.5. The van der Waals surface area contributed by atoms with Crippen molar-refractivity contribution in [2.45, 2.75) is 6.92 Å². The summed E-state index contributed by atoms with van der Waals surface area (Å²) in [5.74, 6) is 0. The minimum Gasteiger partial charge on any atom is -0.359 e. The van der Waals surface area contributed by atoms with E-state index in [1.807, 2.05) is 18.3 Å².